The summed E-state index contributed by atoms with van der Waals surface area (Å²) in [6, 6.07) is 6.25. The molecule has 0 unspecified atom stereocenters. The fourth-order valence-electron chi connectivity index (χ4n) is 1.95. The third-order valence-corrected chi connectivity index (χ3v) is 2.83. The van der Waals surface area contributed by atoms with Gasteiger partial charge in [0.2, 0.25) is 0 Å². The Morgan fingerprint density at radius 2 is 2.06 bits per heavy atom. The van der Waals surface area contributed by atoms with E-state index in [2.05, 4.69) is 40.1 Å². The lowest BCUT2D eigenvalue weighted by Gasteiger charge is -2.00. The van der Waals surface area contributed by atoms with Gasteiger partial charge in [-0.2, -0.15) is 0 Å². The number of imidazole rings is 1. The van der Waals surface area contributed by atoms with E-state index in [4.69, 9.17) is 0 Å². The Balaban J connectivity index is 2.28. The highest BCUT2D eigenvalue weighted by molar-refractivity contribution is 5.80. The smallest absolute Gasteiger partial charge is 0.161 e. The van der Waals surface area contributed by atoms with Crippen molar-refractivity contribution in [2.24, 2.45) is 7.05 Å². The van der Waals surface area contributed by atoms with Crippen LogP contribution in [0.15, 0.2) is 36.8 Å². The van der Waals surface area contributed by atoms with Gasteiger partial charge >= 0.3 is 0 Å². The van der Waals surface area contributed by atoms with Crippen molar-refractivity contribution < 1.29 is 0 Å². The Labute approximate surface area is 99.0 Å². The first kappa shape index (κ1) is 9.96. The van der Waals surface area contributed by atoms with Gasteiger partial charge in [0.05, 0.1) is 17.2 Å². The quantitative estimate of drug-likeness (QED) is 0.637. The van der Waals surface area contributed by atoms with Crippen LogP contribution in [0, 0.1) is 6.92 Å². The van der Waals surface area contributed by atoms with Gasteiger partial charge in [-0.3, -0.25) is 4.98 Å². The van der Waals surface area contributed by atoms with Crippen LogP contribution in [0.5, 0.6) is 0 Å². The Kier molecular flexibility index (Phi) is 2.14. The zero-order chi connectivity index (χ0) is 11.8. The third kappa shape index (κ3) is 1.58. The molecule has 0 saturated carbocycles. The molecule has 0 aliphatic rings. The van der Waals surface area contributed by atoms with Gasteiger partial charge in [0.25, 0.3) is 0 Å². The standard InChI is InChI=1S/C13H12N4/c1-9-3-4-12-10(7-9)16-13(17(12)2)11-8-14-5-6-15-11/h3-8H,1-2H3. The van der Waals surface area contributed by atoms with Gasteiger partial charge in [-0.15, -0.1) is 0 Å². The summed E-state index contributed by atoms with van der Waals surface area (Å²) >= 11 is 0. The van der Waals surface area contributed by atoms with Crippen molar-refractivity contribution in [2.45, 2.75) is 6.92 Å². The molecule has 0 saturated heterocycles. The second-order valence-electron chi connectivity index (χ2n) is 4.08. The molecule has 3 rings (SSSR count). The van der Waals surface area contributed by atoms with E-state index in [-0.39, 0.29) is 0 Å². The normalized spacial score (nSPS) is 10.9. The Bertz CT molecular complexity index is 670. The number of benzene rings is 1. The highest BCUT2D eigenvalue weighted by Crippen LogP contribution is 2.22. The minimum Gasteiger partial charge on any atom is -0.326 e. The van der Waals surface area contributed by atoms with Crippen molar-refractivity contribution in [2.75, 3.05) is 0 Å². The first-order valence-electron chi connectivity index (χ1n) is 5.45. The van der Waals surface area contributed by atoms with Crippen LogP contribution in [-0.2, 0) is 7.05 Å². The van der Waals surface area contributed by atoms with Gasteiger partial charge in [-0.25, -0.2) is 9.97 Å². The van der Waals surface area contributed by atoms with Crippen molar-refractivity contribution in [3.05, 3.63) is 42.4 Å². The zero-order valence-corrected chi connectivity index (χ0v) is 9.75. The summed E-state index contributed by atoms with van der Waals surface area (Å²) in [6.07, 6.45) is 5.07. The van der Waals surface area contributed by atoms with Crippen molar-refractivity contribution >= 4 is 11.0 Å². The van der Waals surface area contributed by atoms with Crippen LogP contribution >= 0.6 is 0 Å². The zero-order valence-electron chi connectivity index (χ0n) is 9.75. The van der Waals surface area contributed by atoms with Gasteiger partial charge in [-0.05, 0) is 24.6 Å². The van der Waals surface area contributed by atoms with Crippen molar-refractivity contribution in [3.63, 3.8) is 0 Å². The summed E-state index contributed by atoms with van der Waals surface area (Å²) in [4.78, 5) is 13.0. The molecule has 17 heavy (non-hydrogen) atoms. The van der Waals surface area contributed by atoms with Gasteiger partial charge < -0.3 is 4.57 Å². The van der Waals surface area contributed by atoms with Crippen molar-refractivity contribution in [3.8, 4) is 11.5 Å². The largest absolute Gasteiger partial charge is 0.326 e. The predicted octanol–water partition coefficient (Wildman–Crippen LogP) is 2.34. The summed E-state index contributed by atoms with van der Waals surface area (Å²) in [6.45, 7) is 2.07. The van der Waals surface area contributed by atoms with Crippen molar-refractivity contribution in [1.29, 1.82) is 0 Å². The van der Waals surface area contributed by atoms with Crippen LogP contribution in [0.3, 0.4) is 0 Å². The molecule has 0 aliphatic heterocycles. The first-order chi connectivity index (χ1) is 8.25. The second kappa shape index (κ2) is 3.66. The average molecular weight is 224 g/mol. The molecule has 0 amide bonds. The van der Waals surface area contributed by atoms with Gasteiger partial charge in [0.1, 0.15) is 5.69 Å². The van der Waals surface area contributed by atoms with Crippen LogP contribution < -0.4 is 0 Å². The summed E-state index contributed by atoms with van der Waals surface area (Å²) in [5, 5.41) is 0. The van der Waals surface area contributed by atoms with E-state index < -0.39 is 0 Å². The number of rotatable bonds is 1. The Hall–Kier alpha value is -2.23. The lowest BCUT2D eigenvalue weighted by Crippen LogP contribution is -1.94. The maximum Gasteiger partial charge on any atom is 0.161 e. The number of hydrogen-bond acceptors (Lipinski definition) is 3. The van der Waals surface area contributed by atoms with Gasteiger partial charge in [0.15, 0.2) is 5.82 Å². The molecule has 2 heterocycles. The molecule has 0 radical (unpaired) electrons. The molecular formula is C13H12N4. The van der Waals surface area contributed by atoms with E-state index in [0.717, 1.165) is 22.6 Å². The minimum atomic E-state index is 0.795. The van der Waals surface area contributed by atoms with E-state index in [1.54, 1.807) is 18.6 Å². The van der Waals surface area contributed by atoms with Gasteiger partial charge in [0, 0.05) is 19.4 Å². The molecule has 0 bridgehead atoms. The number of hydrogen-bond donors (Lipinski definition) is 0. The first-order valence-corrected chi connectivity index (χ1v) is 5.45. The Morgan fingerprint density at radius 3 is 2.82 bits per heavy atom. The lowest BCUT2D eigenvalue weighted by atomic mass is 10.2. The van der Waals surface area contributed by atoms with Crippen LogP contribution in [0.2, 0.25) is 0 Å². The van der Waals surface area contributed by atoms with E-state index >= 15 is 0 Å². The average Bonchev–Trinajstić information content (AvgIpc) is 2.67. The molecule has 4 heteroatoms. The molecule has 0 spiro atoms. The number of aromatic nitrogens is 4. The predicted molar refractivity (Wildman–Crippen MR) is 66.5 cm³/mol. The molecule has 84 valence electrons. The molecule has 0 N–H and O–H groups in total. The molecule has 1 aromatic carbocycles. The Morgan fingerprint density at radius 1 is 1.18 bits per heavy atom. The summed E-state index contributed by atoms with van der Waals surface area (Å²) in [5.41, 5.74) is 4.11. The highest BCUT2D eigenvalue weighted by Gasteiger charge is 2.10. The van der Waals surface area contributed by atoms with Crippen molar-refractivity contribution in [1.82, 2.24) is 19.5 Å². The molecule has 0 atom stereocenters. The molecule has 2 aromatic heterocycles. The molecule has 0 fully saturated rings. The van der Waals surface area contributed by atoms with E-state index in [0.29, 0.717) is 0 Å². The third-order valence-electron chi connectivity index (χ3n) is 2.83. The van der Waals surface area contributed by atoms with E-state index in [9.17, 15) is 0 Å². The summed E-state index contributed by atoms with van der Waals surface area (Å²) < 4.78 is 2.04. The fraction of sp³-hybridized carbons (Fsp3) is 0.154. The fourth-order valence-corrected chi connectivity index (χ4v) is 1.95. The van der Waals surface area contributed by atoms with Crippen LogP contribution in [0.1, 0.15) is 5.56 Å². The second-order valence-corrected chi connectivity index (χ2v) is 4.08. The molecule has 0 aliphatic carbocycles. The maximum atomic E-state index is 4.60. The molecule has 3 aromatic rings. The number of nitrogens with zero attached hydrogens (tertiary/aromatic N) is 4. The summed E-state index contributed by atoms with van der Waals surface area (Å²) in [7, 11) is 1.99. The lowest BCUT2D eigenvalue weighted by molar-refractivity contribution is 0.946. The maximum absolute atomic E-state index is 4.60. The number of aryl methyl sites for hydroxylation is 2. The summed E-state index contributed by atoms with van der Waals surface area (Å²) in [5.74, 6) is 0.846. The SMILES string of the molecule is Cc1ccc2c(c1)nc(-c1cnccn1)n2C. The van der Waals surface area contributed by atoms with E-state index in [1.165, 1.54) is 5.56 Å². The van der Waals surface area contributed by atoms with E-state index in [1.807, 2.05) is 11.6 Å². The highest BCUT2D eigenvalue weighted by atomic mass is 15.1. The molecule has 4 nitrogen and oxygen atoms in total. The van der Waals surface area contributed by atoms with Crippen LogP contribution in [0.25, 0.3) is 22.6 Å². The van der Waals surface area contributed by atoms with Gasteiger partial charge in [-0.1, -0.05) is 6.07 Å². The monoisotopic (exact) mass is 224 g/mol. The topological polar surface area (TPSA) is 43.6 Å². The van der Waals surface area contributed by atoms with Crippen LogP contribution in [-0.4, -0.2) is 19.5 Å². The molecular weight excluding hydrogens is 212 g/mol. The minimum absolute atomic E-state index is 0.795. The van der Waals surface area contributed by atoms with Crippen LogP contribution in [0.4, 0.5) is 0 Å². The number of fused-ring (bicyclic) bond motifs is 1.